The van der Waals surface area contributed by atoms with Crippen LogP contribution in [-0.4, -0.2) is 25.8 Å². The van der Waals surface area contributed by atoms with Crippen molar-refractivity contribution < 1.29 is 19.0 Å². The van der Waals surface area contributed by atoms with Crippen molar-refractivity contribution in [3.8, 4) is 11.5 Å². The molecule has 0 saturated carbocycles. The Kier molecular flexibility index (Phi) is 8.02. The lowest BCUT2D eigenvalue weighted by atomic mass is 10.1. The average molecular weight is 292 g/mol. The van der Waals surface area contributed by atoms with Gasteiger partial charge in [-0.1, -0.05) is 13.8 Å². The predicted molar refractivity (Wildman–Crippen MR) is 83.7 cm³/mol. The van der Waals surface area contributed by atoms with E-state index >= 15 is 0 Å². The SMILES string of the molecule is CCCOc1ccc(C=CC(=O)OCC)c(OCCC)c1. The lowest BCUT2D eigenvalue weighted by Gasteiger charge is -2.11. The third-order valence-corrected chi connectivity index (χ3v) is 2.61. The van der Waals surface area contributed by atoms with Crippen LogP contribution in [0.3, 0.4) is 0 Å². The van der Waals surface area contributed by atoms with Crippen molar-refractivity contribution in [2.45, 2.75) is 33.6 Å². The number of hydrogen-bond donors (Lipinski definition) is 0. The second-order valence-corrected chi connectivity index (χ2v) is 4.48. The van der Waals surface area contributed by atoms with E-state index in [1.165, 1.54) is 6.08 Å². The Labute approximate surface area is 126 Å². The zero-order chi connectivity index (χ0) is 15.5. The summed E-state index contributed by atoms with van der Waals surface area (Å²) in [6.45, 7) is 7.55. The van der Waals surface area contributed by atoms with Gasteiger partial charge in [-0.2, -0.15) is 0 Å². The van der Waals surface area contributed by atoms with Gasteiger partial charge in [0.2, 0.25) is 0 Å². The molecule has 0 aliphatic rings. The van der Waals surface area contributed by atoms with Crippen LogP contribution in [0.5, 0.6) is 11.5 Å². The van der Waals surface area contributed by atoms with Crippen molar-refractivity contribution in [1.82, 2.24) is 0 Å². The van der Waals surface area contributed by atoms with Crippen molar-refractivity contribution in [2.24, 2.45) is 0 Å². The molecule has 1 aromatic rings. The summed E-state index contributed by atoms with van der Waals surface area (Å²) >= 11 is 0. The monoisotopic (exact) mass is 292 g/mol. The summed E-state index contributed by atoms with van der Waals surface area (Å²) in [5.41, 5.74) is 0.834. The first-order valence-corrected chi connectivity index (χ1v) is 7.45. The van der Waals surface area contributed by atoms with E-state index in [4.69, 9.17) is 14.2 Å². The zero-order valence-corrected chi connectivity index (χ0v) is 13.1. The van der Waals surface area contributed by atoms with E-state index in [1.54, 1.807) is 13.0 Å². The molecule has 0 amide bonds. The summed E-state index contributed by atoms with van der Waals surface area (Å²) in [5, 5.41) is 0. The fourth-order valence-electron chi connectivity index (χ4n) is 1.65. The number of carbonyl (C=O) groups is 1. The van der Waals surface area contributed by atoms with Gasteiger partial charge in [0.1, 0.15) is 11.5 Å². The van der Waals surface area contributed by atoms with Crippen LogP contribution >= 0.6 is 0 Å². The second kappa shape index (κ2) is 9.86. The lowest BCUT2D eigenvalue weighted by molar-refractivity contribution is -0.137. The molecule has 0 unspecified atom stereocenters. The molecule has 0 heterocycles. The molecule has 4 heteroatoms. The topological polar surface area (TPSA) is 44.8 Å². The molecule has 0 N–H and O–H groups in total. The highest BCUT2D eigenvalue weighted by Crippen LogP contribution is 2.26. The fraction of sp³-hybridized carbons (Fsp3) is 0.471. The van der Waals surface area contributed by atoms with Gasteiger partial charge in [-0.15, -0.1) is 0 Å². The standard InChI is InChI=1S/C17H24O4/c1-4-11-20-15-9-7-14(8-10-17(18)19-6-3)16(13-15)21-12-5-2/h7-10,13H,4-6,11-12H2,1-3H3. The highest BCUT2D eigenvalue weighted by Gasteiger charge is 2.05. The summed E-state index contributed by atoms with van der Waals surface area (Å²) in [4.78, 5) is 11.4. The molecule has 0 saturated heterocycles. The third kappa shape index (κ3) is 6.34. The Morgan fingerprint density at radius 3 is 2.48 bits per heavy atom. The van der Waals surface area contributed by atoms with Gasteiger partial charge in [0, 0.05) is 17.7 Å². The smallest absolute Gasteiger partial charge is 0.330 e. The van der Waals surface area contributed by atoms with Crippen LogP contribution in [0.4, 0.5) is 0 Å². The number of hydrogen-bond acceptors (Lipinski definition) is 4. The number of esters is 1. The Bertz CT molecular complexity index is 466. The van der Waals surface area contributed by atoms with E-state index in [0.29, 0.717) is 25.6 Å². The Morgan fingerprint density at radius 2 is 1.81 bits per heavy atom. The van der Waals surface area contributed by atoms with Crippen molar-refractivity contribution in [1.29, 1.82) is 0 Å². The van der Waals surface area contributed by atoms with Crippen LogP contribution in [0.25, 0.3) is 6.08 Å². The molecule has 116 valence electrons. The summed E-state index contributed by atoms with van der Waals surface area (Å²) in [5.74, 6) is 1.13. The second-order valence-electron chi connectivity index (χ2n) is 4.48. The summed E-state index contributed by atoms with van der Waals surface area (Å²) in [6, 6.07) is 5.61. The Balaban J connectivity index is 2.87. The summed E-state index contributed by atoms with van der Waals surface area (Å²) in [6.07, 6.45) is 4.98. The predicted octanol–water partition coefficient (Wildman–Crippen LogP) is 3.84. The molecule has 1 rings (SSSR count). The number of carbonyl (C=O) groups excluding carboxylic acids is 1. The summed E-state index contributed by atoms with van der Waals surface area (Å²) in [7, 11) is 0. The highest BCUT2D eigenvalue weighted by molar-refractivity contribution is 5.87. The Morgan fingerprint density at radius 1 is 1.10 bits per heavy atom. The zero-order valence-electron chi connectivity index (χ0n) is 13.1. The molecule has 0 aliphatic carbocycles. The van der Waals surface area contributed by atoms with E-state index in [-0.39, 0.29) is 5.97 Å². The van der Waals surface area contributed by atoms with E-state index < -0.39 is 0 Å². The largest absolute Gasteiger partial charge is 0.493 e. The molecule has 4 nitrogen and oxygen atoms in total. The average Bonchev–Trinajstić information content (AvgIpc) is 2.50. The number of rotatable bonds is 9. The van der Waals surface area contributed by atoms with Crippen molar-refractivity contribution in [3.05, 3.63) is 29.8 Å². The maximum atomic E-state index is 11.4. The lowest BCUT2D eigenvalue weighted by Crippen LogP contribution is -2.01. The van der Waals surface area contributed by atoms with Gasteiger partial charge in [-0.25, -0.2) is 4.79 Å². The van der Waals surface area contributed by atoms with Crippen molar-refractivity contribution in [3.63, 3.8) is 0 Å². The van der Waals surface area contributed by atoms with Gasteiger partial charge in [-0.3, -0.25) is 0 Å². The molecule has 0 spiro atoms. The molecule has 21 heavy (non-hydrogen) atoms. The highest BCUT2D eigenvalue weighted by atomic mass is 16.5. The van der Waals surface area contributed by atoms with E-state index in [0.717, 1.165) is 24.2 Å². The first-order chi connectivity index (χ1) is 10.2. The van der Waals surface area contributed by atoms with Crippen LogP contribution in [0, 0.1) is 0 Å². The van der Waals surface area contributed by atoms with Crippen molar-refractivity contribution in [2.75, 3.05) is 19.8 Å². The molecule has 0 atom stereocenters. The fourth-order valence-corrected chi connectivity index (χ4v) is 1.65. The van der Waals surface area contributed by atoms with Crippen molar-refractivity contribution >= 4 is 12.0 Å². The third-order valence-electron chi connectivity index (χ3n) is 2.61. The molecule has 0 fully saturated rings. The molecule has 0 radical (unpaired) electrons. The van der Waals surface area contributed by atoms with E-state index in [1.807, 2.05) is 25.1 Å². The molecule has 0 aliphatic heterocycles. The maximum absolute atomic E-state index is 11.4. The minimum atomic E-state index is -0.356. The van der Waals surface area contributed by atoms with Crippen LogP contribution < -0.4 is 9.47 Å². The van der Waals surface area contributed by atoms with Gasteiger partial charge >= 0.3 is 5.97 Å². The quantitative estimate of drug-likeness (QED) is 0.512. The van der Waals surface area contributed by atoms with E-state index in [9.17, 15) is 4.79 Å². The first kappa shape index (κ1) is 17.1. The van der Waals surface area contributed by atoms with Crippen LogP contribution in [0.1, 0.15) is 39.2 Å². The normalized spacial score (nSPS) is 10.6. The van der Waals surface area contributed by atoms with E-state index in [2.05, 4.69) is 6.92 Å². The molecule has 1 aromatic carbocycles. The minimum Gasteiger partial charge on any atom is -0.493 e. The van der Waals surface area contributed by atoms with Gasteiger partial charge in [0.25, 0.3) is 0 Å². The molecule has 0 aromatic heterocycles. The molecular weight excluding hydrogens is 268 g/mol. The van der Waals surface area contributed by atoms with Crippen LogP contribution in [0.2, 0.25) is 0 Å². The van der Waals surface area contributed by atoms with Crippen LogP contribution in [-0.2, 0) is 9.53 Å². The molecular formula is C17H24O4. The summed E-state index contributed by atoms with van der Waals surface area (Å²) < 4.78 is 16.2. The number of benzene rings is 1. The van der Waals surface area contributed by atoms with Gasteiger partial charge < -0.3 is 14.2 Å². The van der Waals surface area contributed by atoms with Gasteiger partial charge in [-0.05, 0) is 38.0 Å². The minimum absolute atomic E-state index is 0.356. The number of ether oxygens (including phenoxy) is 3. The first-order valence-electron chi connectivity index (χ1n) is 7.45. The molecule has 0 bridgehead atoms. The Hall–Kier alpha value is -1.97. The maximum Gasteiger partial charge on any atom is 0.330 e. The van der Waals surface area contributed by atoms with Crippen LogP contribution in [0.15, 0.2) is 24.3 Å². The van der Waals surface area contributed by atoms with Gasteiger partial charge in [0.15, 0.2) is 0 Å². The van der Waals surface area contributed by atoms with Gasteiger partial charge in [0.05, 0.1) is 19.8 Å².